The van der Waals surface area contributed by atoms with Crippen LogP contribution in [-0.2, 0) is 19.5 Å². The molecular formula is C29H20N6O7S2. The molecule has 0 unspecified atom stereocenters. The number of phenolic OH excluding ortho intramolecular Hbond substituents is 1. The fourth-order valence-electron chi connectivity index (χ4n) is 4.53. The molecule has 0 fully saturated rings. The van der Waals surface area contributed by atoms with Crippen molar-refractivity contribution in [3.05, 3.63) is 91.1 Å². The van der Waals surface area contributed by atoms with E-state index in [4.69, 9.17) is 11.0 Å². The fraction of sp³-hybridized carbons (Fsp3) is 0. The Morgan fingerprint density at radius 2 is 1.57 bits per heavy atom. The van der Waals surface area contributed by atoms with Gasteiger partial charge in [-0.05, 0) is 60.0 Å². The van der Waals surface area contributed by atoms with Gasteiger partial charge in [-0.25, -0.2) is 5.26 Å². The van der Waals surface area contributed by atoms with E-state index >= 15 is 0 Å². The van der Waals surface area contributed by atoms with Crippen LogP contribution in [0.1, 0.15) is 0 Å². The summed E-state index contributed by atoms with van der Waals surface area (Å²) < 4.78 is 38.2. The number of fused-ring (bicyclic) bond motifs is 3. The number of hydrogen-bond donors (Lipinski definition) is 4. The van der Waals surface area contributed by atoms with Gasteiger partial charge < -0.3 is 10.8 Å². The molecule has 0 aliphatic carbocycles. The molecule has 15 heteroatoms. The predicted molar refractivity (Wildman–Crippen MR) is 165 cm³/mol. The van der Waals surface area contributed by atoms with Gasteiger partial charge in [-0.3, -0.25) is 9.54 Å². The van der Waals surface area contributed by atoms with Crippen molar-refractivity contribution in [2.45, 2.75) is 9.79 Å². The zero-order valence-corrected chi connectivity index (χ0v) is 23.9. The Balaban J connectivity index is 1.46. The molecule has 1 aromatic heterocycles. The van der Waals surface area contributed by atoms with Gasteiger partial charge in [-0.1, -0.05) is 35.4 Å². The molecule has 0 saturated heterocycles. The van der Waals surface area contributed by atoms with Crippen LogP contribution >= 0.6 is 12.0 Å². The first-order valence-electron chi connectivity index (χ1n) is 12.6. The number of aromatic nitrogens is 1. The molecule has 6 rings (SSSR count). The Morgan fingerprint density at radius 3 is 2.36 bits per heavy atom. The highest BCUT2D eigenvalue weighted by atomic mass is 32.2. The minimum Gasteiger partial charge on any atom is -0.505 e. The van der Waals surface area contributed by atoms with Crippen molar-refractivity contribution in [1.82, 2.24) is 4.98 Å². The molecule has 1 heterocycles. The summed E-state index contributed by atoms with van der Waals surface area (Å²) in [4.78, 5) is 4.24. The van der Waals surface area contributed by atoms with E-state index in [1.807, 2.05) is 30.3 Å². The molecule has 0 radical (unpaired) electrons. The fourth-order valence-corrected chi connectivity index (χ4v) is 5.53. The molecule has 6 aromatic rings. The molecule has 0 atom stereocenters. The van der Waals surface area contributed by atoms with Crippen LogP contribution in [0.4, 0.5) is 28.4 Å². The standard InChI is InChI=1S/C29H20N6O7S2/c30-18-6-5-16-12-27(43-42-41-37)28(29(36)22(16)13-18)35-34-26-10-9-25(21-8-7-20(14-23(21)26)44(38,39)40)33-32-19-11-17-3-1-2-4-24(17)31-15-19/h1-15,36-37H,30H2,(H,38,39,40). The molecular weight excluding hydrogens is 608 g/mol. The zero-order chi connectivity index (χ0) is 30.8. The summed E-state index contributed by atoms with van der Waals surface area (Å²) in [6.45, 7) is 0. The normalized spacial score (nSPS) is 12.3. The molecule has 0 amide bonds. The van der Waals surface area contributed by atoms with Gasteiger partial charge in [0.25, 0.3) is 10.1 Å². The SMILES string of the molecule is Nc1ccc2cc(SOOO)c(N=Nc3ccc(N=Nc4cnc5ccccc5c4)c4ccc(S(=O)(=O)O)cc34)c(O)c2c1. The minimum atomic E-state index is -4.56. The van der Waals surface area contributed by atoms with Gasteiger partial charge in [-0.15, -0.1) is 24.8 Å². The van der Waals surface area contributed by atoms with Gasteiger partial charge in [0, 0.05) is 27.2 Å². The Hall–Kier alpha value is -5.03. The molecule has 0 saturated carbocycles. The second-order valence-electron chi connectivity index (χ2n) is 9.35. The van der Waals surface area contributed by atoms with E-state index in [2.05, 4.69) is 34.8 Å². The van der Waals surface area contributed by atoms with Crippen molar-refractivity contribution in [2.75, 3.05) is 5.73 Å². The Labute approximate surface area is 253 Å². The second kappa shape index (κ2) is 11.9. The third-order valence-electron chi connectivity index (χ3n) is 6.58. The van der Waals surface area contributed by atoms with Gasteiger partial charge in [-0.2, -0.15) is 8.42 Å². The third kappa shape index (κ3) is 5.91. The lowest BCUT2D eigenvalue weighted by Gasteiger charge is -2.10. The number of pyridine rings is 1. The number of para-hydroxylation sites is 1. The lowest BCUT2D eigenvalue weighted by atomic mass is 10.1. The summed E-state index contributed by atoms with van der Waals surface area (Å²) >= 11 is 0.570. The van der Waals surface area contributed by atoms with Crippen LogP contribution in [0.2, 0.25) is 0 Å². The van der Waals surface area contributed by atoms with Crippen LogP contribution in [-0.4, -0.2) is 28.3 Å². The summed E-state index contributed by atoms with van der Waals surface area (Å²) in [6, 6.07) is 23.0. The maximum absolute atomic E-state index is 12.0. The number of anilines is 1. The number of nitrogens with two attached hydrogens (primary N) is 1. The van der Waals surface area contributed by atoms with Gasteiger partial charge >= 0.3 is 0 Å². The number of phenols is 1. The number of benzene rings is 5. The predicted octanol–water partition coefficient (Wildman–Crippen LogP) is 8.33. The van der Waals surface area contributed by atoms with Crippen molar-refractivity contribution in [2.24, 2.45) is 20.5 Å². The molecule has 13 nitrogen and oxygen atoms in total. The van der Waals surface area contributed by atoms with Crippen molar-refractivity contribution >= 4 is 83.0 Å². The summed E-state index contributed by atoms with van der Waals surface area (Å²) in [5.74, 6) is -0.278. The van der Waals surface area contributed by atoms with Crippen LogP contribution in [0.3, 0.4) is 0 Å². The number of aromatic hydroxyl groups is 1. The van der Waals surface area contributed by atoms with E-state index in [0.717, 1.165) is 10.9 Å². The highest BCUT2D eigenvalue weighted by Crippen LogP contribution is 2.45. The molecule has 44 heavy (non-hydrogen) atoms. The maximum atomic E-state index is 12.0. The van der Waals surface area contributed by atoms with Gasteiger partial charge in [0.2, 0.25) is 0 Å². The van der Waals surface area contributed by atoms with Crippen LogP contribution in [0.5, 0.6) is 5.75 Å². The minimum absolute atomic E-state index is 0.0446. The summed E-state index contributed by atoms with van der Waals surface area (Å²) in [6.07, 6.45) is 1.58. The molecule has 0 spiro atoms. The first-order chi connectivity index (χ1) is 21.2. The number of hydrogen-bond acceptors (Lipinski definition) is 13. The molecule has 0 bridgehead atoms. The van der Waals surface area contributed by atoms with E-state index in [0.29, 0.717) is 45.3 Å². The molecule has 0 aliphatic rings. The lowest BCUT2D eigenvalue weighted by molar-refractivity contribution is -0.432. The van der Waals surface area contributed by atoms with Crippen LogP contribution in [0, 0.1) is 0 Å². The number of nitrogen functional groups attached to an aromatic ring is 1. The Kier molecular flexibility index (Phi) is 7.88. The average molecular weight is 629 g/mol. The van der Waals surface area contributed by atoms with Gasteiger partial charge in [0.1, 0.15) is 11.4 Å². The number of nitrogens with zero attached hydrogens (tertiary/aromatic N) is 5. The number of azo groups is 2. The Morgan fingerprint density at radius 1 is 0.795 bits per heavy atom. The monoisotopic (exact) mass is 628 g/mol. The molecule has 5 N–H and O–H groups in total. The molecule has 0 aliphatic heterocycles. The van der Waals surface area contributed by atoms with Crippen molar-refractivity contribution in [3.63, 3.8) is 0 Å². The summed E-state index contributed by atoms with van der Waals surface area (Å²) in [7, 11) is -4.56. The quantitative estimate of drug-likeness (QED) is 0.0317. The van der Waals surface area contributed by atoms with E-state index in [-0.39, 0.29) is 32.3 Å². The van der Waals surface area contributed by atoms with E-state index in [9.17, 15) is 18.1 Å². The van der Waals surface area contributed by atoms with Gasteiger partial charge in [0.05, 0.1) is 44.9 Å². The van der Waals surface area contributed by atoms with Crippen molar-refractivity contribution in [3.8, 4) is 5.75 Å². The molecule has 5 aromatic carbocycles. The van der Waals surface area contributed by atoms with Crippen LogP contribution in [0.25, 0.3) is 32.4 Å². The van der Waals surface area contributed by atoms with Crippen LogP contribution < -0.4 is 5.73 Å². The first-order valence-corrected chi connectivity index (χ1v) is 14.8. The van der Waals surface area contributed by atoms with E-state index in [1.54, 1.807) is 36.5 Å². The Bertz CT molecular complexity index is 2240. The first kappa shape index (κ1) is 29.1. The lowest BCUT2D eigenvalue weighted by Crippen LogP contribution is -1.97. The number of rotatable bonds is 8. The van der Waals surface area contributed by atoms with Crippen molar-refractivity contribution < 1.29 is 32.7 Å². The average Bonchev–Trinajstić information content (AvgIpc) is 3.02. The second-order valence-corrected chi connectivity index (χ2v) is 11.5. The highest BCUT2D eigenvalue weighted by molar-refractivity contribution is 7.94. The highest BCUT2D eigenvalue weighted by Gasteiger charge is 2.17. The largest absolute Gasteiger partial charge is 0.505 e. The van der Waals surface area contributed by atoms with E-state index in [1.165, 1.54) is 24.3 Å². The van der Waals surface area contributed by atoms with E-state index < -0.39 is 10.1 Å². The topological polar surface area (TPSA) is 202 Å². The third-order valence-corrected chi connectivity index (χ3v) is 8.05. The summed E-state index contributed by atoms with van der Waals surface area (Å²) in [5.41, 5.74) is 8.12. The van der Waals surface area contributed by atoms with Gasteiger partial charge in [0.15, 0.2) is 5.75 Å². The molecule has 220 valence electrons. The van der Waals surface area contributed by atoms with Crippen LogP contribution in [0.15, 0.2) is 121 Å². The maximum Gasteiger partial charge on any atom is 0.294 e. The summed E-state index contributed by atoms with van der Waals surface area (Å²) in [5, 5.41) is 43.2. The van der Waals surface area contributed by atoms with Crippen molar-refractivity contribution in [1.29, 1.82) is 0 Å². The smallest absolute Gasteiger partial charge is 0.294 e. The zero-order valence-electron chi connectivity index (χ0n) is 22.3.